The third kappa shape index (κ3) is 5.56. The number of aliphatic imine (C=N–C) groups is 2. The highest BCUT2D eigenvalue weighted by Crippen LogP contribution is 2.39. The summed E-state index contributed by atoms with van der Waals surface area (Å²) in [5.41, 5.74) is 9.54. The third-order valence-electron chi connectivity index (χ3n) is 10.0. The molecule has 8 aromatic carbocycles. The van der Waals surface area contributed by atoms with E-state index in [1.165, 1.54) is 21.5 Å². The molecule has 0 bridgehead atoms. The first-order chi connectivity index (χ1) is 26.3. The zero-order valence-corrected chi connectivity index (χ0v) is 28.8. The van der Waals surface area contributed by atoms with Crippen molar-refractivity contribution in [1.82, 2.24) is 14.9 Å². The Balaban J connectivity index is 1.14. The van der Waals surface area contributed by atoms with E-state index in [1.807, 2.05) is 42.5 Å². The topological polar surface area (TPSA) is 54.6 Å². The molecule has 9 aromatic rings. The molecule has 0 aliphatic carbocycles. The van der Waals surface area contributed by atoms with Crippen molar-refractivity contribution < 1.29 is 0 Å². The van der Waals surface area contributed by atoms with E-state index in [1.54, 1.807) is 0 Å². The molecule has 0 amide bonds. The first kappa shape index (κ1) is 30.7. The van der Waals surface area contributed by atoms with Crippen molar-refractivity contribution in [2.45, 2.75) is 6.17 Å². The zero-order valence-electron chi connectivity index (χ0n) is 28.8. The van der Waals surface area contributed by atoms with Crippen LogP contribution in [0.2, 0.25) is 0 Å². The lowest BCUT2D eigenvalue weighted by molar-refractivity contribution is 0.756. The summed E-state index contributed by atoms with van der Waals surface area (Å²) < 4.78 is 2.32. The lowest BCUT2D eigenvalue weighted by atomic mass is 9.95. The lowest BCUT2D eigenvalue weighted by Gasteiger charge is -2.22. The Kier molecular flexibility index (Phi) is 7.47. The molecule has 1 aliphatic heterocycles. The molecule has 5 heteroatoms. The van der Waals surface area contributed by atoms with Gasteiger partial charge < -0.3 is 5.32 Å². The van der Waals surface area contributed by atoms with Crippen LogP contribution in [0.15, 0.2) is 198 Å². The molecule has 53 heavy (non-hydrogen) atoms. The summed E-state index contributed by atoms with van der Waals surface area (Å²) in [5, 5.41) is 8.23. The van der Waals surface area contributed by atoms with E-state index < -0.39 is 6.17 Å². The molecule has 0 unspecified atom stereocenters. The van der Waals surface area contributed by atoms with Crippen LogP contribution in [0, 0.1) is 0 Å². The van der Waals surface area contributed by atoms with Gasteiger partial charge >= 0.3 is 0 Å². The molecule has 1 aromatic heterocycles. The third-order valence-corrected chi connectivity index (χ3v) is 10.0. The smallest absolute Gasteiger partial charge is 0.169 e. The van der Waals surface area contributed by atoms with Crippen LogP contribution >= 0.6 is 0 Å². The van der Waals surface area contributed by atoms with Gasteiger partial charge in [-0.1, -0.05) is 158 Å². The molecule has 2 heterocycles. The van der Waals surface area contributed by atoms with Crippen LogP contribution in [0.4, 0.5) is 0 Å². The predicted molar refractivity (Wildman–Crippen MR) is 219 cm³/mol. The Morgan fingerprint density at radius 2 is 1.00 bits per heavy atom. The van der Waals surface area contributed by atoms with Crippen molar-refractivity contribution in [2.24, 2.45) is 9.98 Å². The van der Waals surface area contributed by atoms with Crippen LogP contribution in [0.25, 0.3) is 60.8 Å². The summed E-state index contributed by atoms with van der Waals surface area (Å²) in [6.07, 6.45) is -0.404. The van der Waals surface area contributed by atoms with Gasteiger partial charge in [0.15, 0.2) is 6.17 Å². The second-order valence-corrected chi connectivity index (χ2v) is 13.3. The van der Waals surface area contributed by atoms with Gasteiger partial charge in [0, 0.05) is 27.8 Å². The average Bonchev–Trinajstić information content (AvgIpc) is 3.64. The normalized spacial score (nSPS) is 13.2. The van der Waals surface area contributed by atoms with Gasteiger partial charge in [-0.25, -0.2) is 15.0 Å². The quantitative estimate of drug-likeness (QED) is 0.178. The van der Waals surface area contributed by atoms with Crippen LogP contribution in [0.1, 0.15) is 22.9 Å². The maximum atomic E-state index is 5.25. The fraction of sp³-hybridized carbons (Fsp3) is 0.0208. The Hall–Kier alpha value is -7.11. The van der Waals surface area contributed by atoms with Gasteiger partial charge in [-0.2, -0.15) is 0 Å². The maximum absolute atomic E-state index is 5.25. The molecule has 0 fully saturated rings. The molecule has 0 radical (unpaired) electrons. The van der Waals surface area contributed by atoms with Gasteiger partial charge in [0.2, 0.25) is 0 Å². The van der Waals surface area contributed by atoms with Crippen LogP contribution < -0.4 is 5.32 Å². The highest BCUT2D eigenvalue weighted by Gasteiger charge is 2.22. The number of para-hydroxylation sites is 1. The summed E-state index contributed by atoms with van der Waals surface area (Å²) in [5.74, 6) is 2.54. The minimum atomic E-state index is -0.404. The Morgan fingerprint density at radius 1 is 0.453 bits per heavy atom. The molecular formula is C48H33N5. The van der Waals surface area contributed by atoms with Gasteiger partial charge in [0.05, 0.1) is 11.0 Å². The van der Waals surface area contributed by atoms with E-state index in [9.17, 15) is 0 Å². The summed E-state index contributed by atoms with van der Waals surface area (Å²) in [7, 11) is 0. The molecule has 1 N–H and O–H groups in total. The number of nitrogens with one attached hydrogen (secondary N) is 1. The van der Waals surface area contributed by atoms with Crippen molar-refractivity contribution >= 4 is 44.2 Å². The second kappa shape index (κ2) is 12.9. The van der Waals surface area contributed by atoms with E-state index in [0.717, 1.165) is 67.6 Å². The standard InChI is InChI=1S/C48H33N5/c1-5-14-34(15-6-1)45-50-46(35-16-7-2-8-17-35)52-47(51-45)39-21-13-20-37(30-39)38-27-25-32-24-26-33-28-29-42-44(43(33)41(32)31-38)53(40-22-11-4-12-23-40)48(49-42)36-18-9-3-10-19-36/h1-31,47H,(H,50,51,52). The van der Waals surface area contributed by atoms with Crippen molar-refractivity contribution in [3.63, 3.8) is 0 Å². The Morgan fingerprint density at radius 3 is 1.68 bits per heavy atom. The minimum Gasteiger partial charge on any atom is -0.324 e. The second-order valence-electron chi connectivity index (χ2n) is 13.3. The Labute approximate surface area is 307 Å². The van der Waals surface area contributed by atoms with E-state index in [-0.39, 0.29) is 0 Å². The van der Waals surface area contributed by atoms with Crippen molar-refractivity contribution in [2.75, 3.05) is 0 Å². The van der Waals surface area contributed by atoms with Crippen molar-refractivity contribution in [3.8, 4) is 28.2 Å². The molecule has 5 nitrogen and oxygen atoms in total. The molecule has 0 saturated heterocycles. The first-order valence-corrected chi connectivity index (χ1v) is 17.9. The number of nitrogens with zero attached hydrogens (tertiary/aromatic N) is 4. The summed E-state index contributed by atoms with van der Waals surface area (Å²) in [6.45, 7) is 0. The van der Waals surface area contributed by atoms with Gasteiger partial charge in [0.1, 0.15) is 17.5 Å². The molecule has 1 aliphatic rings. The fourth-order valence-electron chi connectivity index (χ4n) is 7.45. The Bertz CT molecular complexity index is 2790. The number of benzene rings is 8. The maximum Gasteiger partial charge on any atom is 0.169 e. The van der Waals surface area contributed by atoms with Gasteiger partial charge in [-0.15, -0.1) is 0 Å². The molecular weight excluding hydrogens is 647 g/mol. The van der Waals surface area contributed by atoms with E-state index in [2.05, 4.69) is 155 Å². The van der Waals surface area contributed by atoms with Crippen LogP contribution in [0.3, 0.4) is 0 Å². The molecule has 10 rings (SSSR count). The largest absolute Gasteiger partial charge is 0.324 e. The number of fused-ring (bicyclic) bond motifs is 5. The molecule has 0 spiro atoms. The van der Waals surface area contributed by atoms with Gasteiger partial charge in [0.25, 0.3) is 0 Å². The highest BCUT2D eigenvalue weighted by atomic mass is 15.2. The van der Waals surface area contributed by atoms with E-state index in [0.29, 0.717) is 0 Å². The van der Waals surface area contributed by atoms with Crippen LogP contribution in [0.5, 0.6) is 0 Å². The summed E-state index contributed by atoms with van der Waals surface area (Å²) >= 11 is 0. The first-order valence-electron chi connectivity index (χ1n) is 17.9. The van der Waals surface area contributed by atoms with Crippen molar-refractivity contribution in [3.05, 3.63) is 205 Å². The van der Waals surface area contributed by atoms with Gasteiger partial charge in [-0.3, -0.25) is 4.57 Å². The molecule has 0 saturated carbocycles. The summed E-state index contributed by atoms with van der Waals surface area (Å²) in [6, 6.07) is 65.8. The van der Waals surface area contributed by atoms with Crippen molar-refractivity contribution in [1.29, 1.82) is 0 Å². The number of hydrogen-bond donors (Lipinski definition) is 1. The van der Waals surface area contributed by atoms with Crippen LogP contribution in [-0.2, 0) is 0 Å². The number of aromatic nitrogens is 2. The monoisotopic (exact) mass is 679 g/mol. The average molecular weight is 680 g/mol. The molecule has 250 valence electrons. The van der Waals surface area contributed by atoms with E-state index >= 15 is 0 Å². The number of amidine groups is 2. The number of imidazole rings is 1. The fourth-order valence-corrected chi connectivity index (χ4v) is 7.45. The van der Waals surface area contributed by atoms with Gasteiger partial charge in [-0.05, 0) is 63.2 Å². The summed E-state index contributed by atoms with van der Waals surface area (Å²) in [4.78, 5) is 15.5. The number of rotatable bonds is 6. The lowest BCUT2D eigenvalue weighted by Crippen LogP contribution is -2.35. The minimum absolute atomic E-state index is 0.404. The SMILES string of the molecule is c1ccc(C2=NC(c3cccc(-c4ccc5ccc6ccc7nc(-c8ccccc8)n(-c8ccccc8)c7c6c5c4)c3)N=C(c3ccccc3)N2)cc1. The molecule has 0 atom stereocenters. The highest BCUT2D eigenvalue weighted by molar-refractivity contribution is 6.20. The zero-order chi connectivity index (χ0) is 35.1. The van der Waals surface area contributed by atoms with Crippen LogP contribution in [-0.4, -0.2) is 21.2 Å². The predicted octanol–water partition coefficient (Wildman–Crippen LogP) is 11.2. The number of hydrogen-bond acceptors (Lipinski definition) is 4. The van der Waals surface area contributed by atoms with E-state index in [4.69, 9.17) is 15.0 Å².